The summed E-state index contributed by atoms with van der Waals surface area (Å²) in [6.45, 7) is 0.424. The minimum atomic E-state index is -0.0989. The third kappa shape index (κ3) is 2.87. The first-order valence-corrected chi connectivity index (χ1v) is 7.73. The van der Waals surface area contributed by atoms with Gasteiger partial charge in [0.25, 0.3) is 5.56 Å². The normalized spacial score (nSPS) is 10.9. The maximum Gasteiger partial charge on any atom is 0.261 e. The Hall–Kier alpha value is -3.48. The molecule has 2 aromatic heterocycles. The van der Waals surface area contributed by atoms with Gasteiger partial charge in [0.15, 0.2) is 0 Å². The average Bonchev–Trinajstić information content (AvgIpc) is 3.19. The van der Waals surface area contributed by atoms with Crippen molar-refractivity contribution in [2.45, 2.75) is 6.54 Å². The molecule has 0 radical (unpaired) electrons. The third-order valence-corrected chi connectivity index (χ3v) is 4.02. The van der Waals surface area contributed by atoms with Crippen molar-refractivity contribution >= 4 is 10.9 Å². The highest BCUT2D eigenvalue weighted by molar-refractivity contribution is 5.82. The van der Waals surface area contributed by atoms with Crippen molar-refractivity contribution in [3.8, 4) is 17.0 Å². The van der Waals surface area contributed by atoms with Crippen LogP contribution >= 0.6 is 0 Å². The summed E-state index contributed by atoms with van der Waals surface area (Å²) < 4.78 is 6.82. The Bertz CT molecular complexity index is 1090. The van der Waals surface area contributed by atoms with Crippen molar-refractivity contribution in [3.05, 3.63) is 70.9 Å². The number of aromatic nitrogens is 5. The number of benzene rings is 2. The Balaban J connectivity index is 1.77. The lowest BCUT2D eigenvalue weighted by atomic mass is 10.1. The van der Waals surface area contributed by atoms with E-state index in [9.17, 15) is 4.79 Å². The lowest BCUT2D eigenvalue weighted by Crippen LogP contribution is -2.21. The molecule has 4 aromatic rings. The van der Waals surface area contributed by atoms with Gasteiger partial charge >= 0.3 is 0 Å². The summed E-state index contributed by atoms with van der Waals surface area (Å²) in [5.74, 6) is 0.757. The van der Waals surface area contributed by atoms with Crippen LogP contribution < -0.4 is 10.3 Å². The standard InChI is InChI=1S/C18H15N5O2/c1-25-14-4-2-3-12(7-14)10-23-11-19-16-6-5-13(8-15(16)18(23)24)17-9-20-22-21-17/h2-9,11H,10H2,1H3,(H,20,21,22). The number of hydrogen-bond acceptors (Lipinski definition) is 5. The number of nitrogens with zero attached hydrogens (tertiary/aromatic N) is 4. The highest BCUT2D eigenvalue weighted by Gasteiger charge is 2.08. The molecule has 0 saturated carbocycles. The molecule has 25 heavy (non-hydrogen) atoms. The van der Waals surface area contributed by atoms with Crippen molar-refractivity contribution in [2.24, 2.45) is 0 Å². The van der Waals surface area contributed by atoms with E-state index in [0.29, 0.717) is 23.1 Å². The molecule has 0 atom stereocenters. The Morgan fingerprint density at radius 3 is 2.92 bits per heavy atom. The molecule has 0 aliphatic heterocycles. The summed E-state index contributed by atoms with van der Waals surface area (Å²) in [5.41, 5.74) is 3.02. The lowest BCUT2D eigenvalue weighted by Gasteiger charge is -2.08. The molecule has 0 unspecified atom stereocenters. The van der Waals surface area contributed by atoms with Gasteiger partial charge in [-0.15, -0.1) is 0 Å². The molecule has 0 amide bonds. The van der Waals surface area contributed by atoms with Gasteiger partial charge in [0.2, 0.25) is 0 Å². The number of hydrogen-bond donors (Lipinski definition) is 1. The first-order chi connectivity index (χ1) is 12.2. The molecule has 7 heteroatoms. The minimum absolute atomic E-state index is 0.0989. The van der Waals surface area contributed by atoms with Crippen LogP contribution in [0.1, 0.15) is 5.56 Å². The van der Waals surface area contributed by atoms with Crippen LogP contribution in [0.3, 0.4) is 0 Å². The smallest absolute Gasteiger partial charge is 0.261 e. The Morgan fingerprint density at radius 1 is 1.20 bits per heavy atom. The van der Waals surface area contributed by atoms with E-state index in [1.807, 2.05) is 36.4 Å². The molecule has 4 rings (SSSR count). The Labute approximate surface area is 142 Å². The SMILES string of the molecule is COc1cccc(Cn2cnc3ccc(-c4cn[nH]n4)cc3c2=O)c1. The fourth-order valence-corrected chi connectivity index (χ4v) is 2.74. The van der Waals surface area contributed by atoms with Gasteiger partial charge in [-0.05, 0) is 29.8 Å². The zero-order valence-corrected chi connectivity index (χ0v) is 13.5. The van der Waals surface area contributed by atoms with E-state index in [2.05, 4.69) is 20.4 Å². The van der Waals surface area contributed by atoms with Crippen molar-refractivity contribution in [3.63, 3.8) is 0 Å². The van der Waals surface area contributed by atoms with E-state index in [4.69, 9.17) is 4.74 Å². The molecule has 124 valence electrons. The summed E-state index contributed by atoms with van der Waals surface area (Å²) in [4.78, 5) is 17.2. The van der Waals surface area contributed by atoms with Crippen LogP contribution in [0.4, 0.5) is 0 Å². The van der Waals surface area contributed by atoms with E-state index >= 15 is 0 Å². The van der Waals surface area contributed by atoms with E-state index in [1.54, 1.807) is 30.3 Å². The zero-order valence-electron chi connectivity index (χ0n) is 13.5. The van der Waals surface area contributed by atoms with Crippen LogP contribution in [0.15, 0.2) is 59.8 Å². The van der Waals surface area contributed by atoms with Gasteiger partial charge < -0.3 is 4.74 Å². The lowest BCUT2D eigenvalue weighted by molar-refractivity contribution is 0.414. The second-order valence-corrected chi connectivity index (χ2v) is 5.62. The van der Waals surface area contributed by atoms with E-state index in [0.717, 1.165) is 16.9 Å². The van der Waals surface area contributed by atoms with Gasteiger partial charge in [0, 0.05) is 5.56 Å². The van der Waals surface area contributed by atoms with E-state index in [1.165, 1.54) is 0 Å². The number of aromatic amines is 1. The molecule has 7 nitrogen and oxygen atoms in total. The summed E-state index contributed by atoms with van der Waals surface area (Å²) >= 11 is 0. The molecule has 0 spiro atoms. The van der Waals surface area contributed by atoms with Crippen molar-refractivity contribution in [1.82, 2.24) is 25.0 Å². The molecule has 2 aromatic carbocycles. The van der Waals surface area contributed by atoms with E-state index < -0.39 is 0 Å². The molecule has 0 aliphatic rings. The number of methoxy groups -OCH3 is 1. The summed E-state index contributed by atoms with van der Waals surface area (Å²) in [6, 6.07) is 13.1. The summed E-state index contributed by atoms with van der Waals surface area (Å²) in [5, 5.41) is 11.0. The predicted molar refractivity (Wildman–Crippen MR) is 93.5 cm³/mol. The number of ether oxygens (including phenoxy) is 1. The molecule has 0 bridgehead atoms. The van der Waals surface area contributed by atoms with Gasteiger partial charge in [0.1, 0.15) is 11.4 Å². The van der Waals surface area contributed by atoms with Crippen molar-refractivity contribution in [2.75, 3.05) is 7.11 Å². The molecule has 0 aliphatic carbocycles. The van der Waals surface area contributed by atoms with Crippen LogP contribution in [0, 0.1) is 0 Å². The molecule has 0 fully saturated rings. The molecule has 1 N–H and O–H groups in total. The number of rotatable bonds is 4. The van der Waals surface area contributed by atoms with Crippen LogP contribution in [0.2, 0.25) is 0 Å². The molecule has 0 saturated heterocycles. The van der Waals surface area contributed by atoms with Gasteiger partial charge in [-0.3, -0.25) is 9.36 Å². The van der Waals surface area contributed by atoms with Crippen molar-refractivity contribution < 1.29 is 4.74 Å². The van der Waals surface area contributed by atoms with Gasteiger partial charge in [0.05, 0.1) is 37.1 Å². The summed E-state index contributed by atoms with van der Waals surface area (Å²) in [6.07, 6.45) is 3.19. The van der Waals surface area contributed by atoms with Crippen LogP contribution in [0.5, 0.6) is 5.75 Å². The summed E-state index contributed by atoms with van der Waals surface area (Å²) in [7, 11) is 1.62. The van der Waals surface area contributed by atoms with E-state index in [-0.39, 0.29) is 5.56 Å². The topological polar surface area (TPSA) is 85.7 Å². The quantitative estimate of drug-likeness (QED) is 0.619. The van der Waals surface area contributed by atoms with Gasteiger partial charge in [-0.25, -0.2) is 4.98 Å². The Morgan fingerprint density at radius 2 is 2.12 bits per heavy atom. The molecular formula is C18H15N5O2. The highest BCUT2D eigenvalue weighted by Crippen LogP contribution is 2.19. The van der Waals surface area contributed by atoms with Crippen molar-refractivity contribution in [1.29, 1.82) is 0 Å². The fourth-order valence-electron chi connectivity index (χ4n) is 2.74. The van der Waals surface area contributed by atoms with Crippen LogP contribution in [-0.4, -0.2) is 32.1 Å². The minimum Gasteiger partial charge on any atom is -0.497 e. The zero-order chi connectivity index (χ0) is 17.2. The molecular weight excluding hydrogens is 318 g/mol. The first kappa shape index (κ1) is 15.1. The first-order valence-electron chi connectivity index (χ1n) is 7.73. The molecule has 2 heterocycles. The van der Waals surface area contributed by atoms with Gasteiger partial charge in [-0.2, -0.15) is 15.4 Å². The maximum atomic E-state index is 12.9. The third-order valence-electron chi connectivity index (χ3n) is 4.02. The second kappa shape index (κ2) is 6.20. The maximum absolute atomic E-state index is 12.9. The number of fused-ring (bicyclic) bond motifs is 1. The van der Waals surface area contributed by atoms with Crippen LogP contribution in [0.25, 0.3) is 22.2 Å². The number of nitrogens with one attached hydrogen (secondary N) is 1. The largest absolute Gasteiger partial charge is 0.497 e. The Kier molecular flexibility index (Phi) is 3.74. The predicted octanol–water partition coefficient (Wildman–Crippen LogP) is 2.24. The second-order valence-electron chi connectivity index (χ2n) is 5.62. The monoisotopic (exact) mass is 333 g/mol. The van der Waals surface area contributed by atoms with Crippen LogP contribution in [-0.2, 0) is 6.54 Å². The fraction of sp³-hybridized carbons (Fsp3) is 0.111. The highest BCUT2D eigenvalue weighted by atomic mass is 16.5. The average molecular weight is 333 g/mol. The van der Waals surface area contributed by atoms with Gasteiger partial charge in [-0.1, -0.05) is 18.2 Å². The number of H-pyrrole nitrogens is 1.